The molecular weight excluding hydrogens is 270 g/mol. The molecule has 1 fully saturated rings. The van der Waals surface area contributed by atoms with Gasteiger partial charge in [0.15, 0.2) is 0 Å². The summed E-state index contributed by atoms with van der Waals surface area (Å²) in [7, 11) is 0. The number of amides is 1. The van der Waals surface area contributed by atoms with Gasteiger partial charge in [0.1, 0.15) is 6.07 Å². The quantitative estimate of drug-likeness (QED) is 0.792. The second-order valence-electron chi connectivity index (χ2n) is 4.21. The first-order valence-electron chi connectivity index (χ1n) is 5.47. The number of carboxylic acids is 1. The van der Waals surface area contributed by atoms with Gasteiger partial charge in [0.2, 0.25) is 5.91 Å². The molecule has 6 nitrogen and oxygen atoms in total. The summed E-state index contributed by atoms with van der Waals surface area (Å²) in [5.41, 5.74) is 6.32. The van der Waals surface area contributed by atoms with E-state index in [-0.39, 0.29) is 35.1 Å². The Morgan fingerprint density at radius 2 is 2.26 bits per heavy atom. The number of carbonyl (C=O) groups excluding carboxylic acids is 1. The number of nitrogens with two attached hydrogens (primary N) is 1. The van der Waals surface area contributed by atoms with Crippen molar-refractivity contribution in [3.8, 4) is 6.07 Å². The van der Waals surface area contributed by atoms with Crippen molar-refractivity contribution in [2.45, 2.75) is 6.42 Å². The number of nitrogens with zero attached hydrogens (tertiary/aromatic N) is 2. The van der Waals surface area contributed by atoms with Gasteiger partial charge in [-0.25, -0.2) is 0 Å². The van der Waals surface area contributed by atoms with Gasteiger partial charge in [0.25, 0.3) is 0 Å². The van der Waals surface area contributed by atoms with Gasteiger partial charge in [0.05, 0.1) is 27.9 Å². The molecule has 1 saturated heterocycles. The fraction of sp³-hybridized carbons (Fsp3) is 0.250. The zero-order valence-corrected chi connectivity index (χ0v) is 10.5. The molecule has 98 valence electrons. The van der Waals surface area contributed by atoms with Crippen LogP contribution in [0.4, 0.5) is 11.4 Å². The first-order chi connectivity index (χ1) is 8.95. The number of aliphatic carboxylic acids is 1. The molecule has 0 saturated carbocycles. The molecule has 0 bridgehead atoms. The first kappa shape index (κ1) is 13.2. The monoisotopic (exact) mass is 279 g/mol. The molecule has 1 amide bonds. The number of rotatable bonds is 2. The molecule has 1 aliphatic rings. The Hall–Kier alpha value is -2.26. The van der Waals surface area contributed by atoms with Crippen LogP contribution in [0.2, 0.25) is 5.02 Å². The average molecular weight is 280 g/mol. The maximum atomic E-state index is 11.8. The molecule has 1 heterocycles. The summed E-state index contributed by atoms with van der Waals surface area (Å²) in [6.45, 7) is 0.0465. The molecular formula is C12H10ClN3O3. The highest BCUT2D eigenvalue weighted by molar-refractivity contribution is 6.32. The van der Waals surface area contributed by atoms with Gasteiger partial charge >= 0.3 is 5.97 Å². The van der Waals surface area contributed by atoms with Gasteiger partial charge < -0.3 is 15.7 Å². The zero-order valence-electron chi connectivity index (χ0n) is 9.76. The van der Waals surface area contributed by atoms with Crippen molar-refractivity contribution in [3.05, 3.63) is 22.7 Å². The van der Waals surface area contributed by atoms with E-state index in [2.05, 4.69) is 0 Å². The van der Waals surface area contributed by atoms with E-state index < -0.39 is 11.9 Å². The third kappa shape index (κ3) is 2.20. The van der Waals surface area contributed by atoms with Gasteiger partial charge in [-0.05, 0) is 12.1 Å². The van der Waals surface area contributed by atoms with Crippen molar-refractivity contribution >= 4 is 34.9 Å². The van der Waals surface area contributed by atoms with Crippen LogP contribution >= 0.6 is 11.6 Å². The molecule has 1 unspecified atom stereocenters. The molecule has 1 aliphatic heterocycles. The number of carbonyl (C=O) groups is 2. The fourth-order valence-corrected chi connectivity index (χ4v) is 2.24. The highest BCUT2D eigenvalue weighted by Gasteiger charge is 2.36. The lowest BCUT2D eigenvalue weighted by molar-refractivity contribution is -0.141. The Labute approximate surface area is 114 Å². The molecule has 19 heavy (non-hydrogen) atoms. The number of nitrogen functional groups attached to an aromatic ring is 1. The van der Waals surface area contributed by atoms with Gasteiger partial charge in [-0.2, -0.15) is 5.26 Å². The second-order valence-corrected chi connectivity index (χ2v) is 4.62. The van der Waals surface area contributed by atoms with E-state index in [1.165, 1.54) is 17.0 Å². The predicted octanol–water partition coefficient (Wildman–Crippen LogP) is 1.23. The number of nitriles is 1. The third-order valence-electron chi connectivity index (χ3n) is 3.05. The minimum atomic E-state index is -1.02. The molecule has 1 aromatic carbocycles. The van der Waals surface area contributed by atoms with Crippen LogP contribution in [0, 0.1) is 17.2 Å². The van der Waals surface area contributed by atoms with Crippen LogP contribution in [0.1, 0.15) is 12.0 Å². The van der Waals surface area contributed by atoms with Crippen LogP contribution in [0.5, 0.6) is 0 Å². The standard InChI is InChI=1S/C12H10ClN3O3/c13-8-1-2-9(11(15)7(8)4-14)16-5-6(12(18)19)3-10(16)17/h1-2,6H,3,5,15H2,(H,18,19). The molecule has 3 N–H and O–H groups in total. The Kier molecular flexibility index (Phi) is 3.32. The normalized spacial score (nSPS) is 18.4. The van der Waals surface area contributed by atoms with Crippen molar-refractivity contribution < 1.29 is 14.7 Å². The van der Waals surface area contributed by atoms with Crippen molar-refractivity contribution in [2.75, 3.05) is 17.2 Å². The predicted molar refractivity (Wildman–Crippen MR) is 68.7 cm³/mol. The Morgan fingerprint density at radius 1 is 1.58 bits per heavy atom. The zero-order chi connectivity index (χ0) is 14.2. The van der Waals surface area contributed by atoms with E-state index >= 15 is 0 Å². The maximum Gasteiger partial charge on any atom is 0.308 e. The number of halogens is 1. The summed E-state index contributed by atoms with van der Waals surface area (Å²) in [6, 6.07) is 4.84. The highest BCUT2D eigenvalue weighted by atomic mass is 35.5. The number of hydrogen-bond acceptors (Lipinski definition) is 4. The Balaban J connectivity index is 2.42. The highest BCUT2D eigenvalue weighted by Crippen LogP contribution is 2.34. The van der Waals surface area contributed by atoms with Crippen molar-refractivity contribution in [1.82, 2.24) is 0 Å². The SMILES string of the molecule is N#Cc1c(Cl)ccc(N2CC(C(=O)O)CC2=O)c1N. The maximum absolute atomic E-state index is 11.8. The summed E-state index contributed by atoms with van der Waals surface area (Å²) < 4.78 is 0. The largest absolute Gasteiger partial charge is 0.481 e. The van der Waals surface area contributed by atoms with Crippen molar-refractivity contribution in [3.63, 3.8) is 0 Å². The minimum absolute atomic E-state index is 0.0465. The summed E-state index contributed by atoms with van der Waals surface area (Å²) in [5.74, 6) is -2.11. The Morgan fingerprint density at radius 3 is 2.79 bits per heavy atom. The van der Waals surface area contributed by atoms with Crippen LogP contribution < -0.4 is 10.6 Å². The van der Waals surface area contributed by atoms with Crippen molar-refractivity contribution in [1.29, 1.82) is 5.26 Å². The molecule has 0 radical (unpaired) electrons. The number of carboxylic acid groups (broad SMARTS) is 1. The lowest BCUT2D eigenvalue weighted by atomic mass is 10.1. The van der Waals surface area contributed by atoms with E-state index in [0.29, 0.717) is 5.69 Å². The topological polar surface area (TPSA) is 107 Å². The van der Waals surface area contributed by atoms with Gasteiger partial charge in [-0.1, -0.05) is 11.6 Å². The summed E-state index contributed by atoms with van der Waals surface area (Å²) in [4.78, 5) is 24.0. The van der Waals surface area contributed by atoms with E-state index in [9.17, 15) is 9.59 Å². The first-order valence-corrected chi connectivity index (χ1v) is 5.84. The van der Waals surface area contributed by atoms with Gasteiger partial charge in [-0.15, -0.1) is 0 Å². The molecule has 2 rings (SSSR count). The van der Waals surface area contributed by atoms with Crippen LogP contribution in [0.25, 0.3) is 0 Å². The fourth-order valence-electron chi connectivity index (χ4n) is 2.04. The van der Waals surface area contributed by atoms with E-state index in [0.717, 1.165) is 0 Å². The summed E-state index contributed by atoms with van der Waals surface area (Å²) in [5, 5.41) is 18.1. The molecule has 1 atom stereocenters. The second kappa shape index (κ2) is 4.78. The minimum Gasteiger partial charge on any atom is -0.481 e. The number of benzene rings is 1. The van der Waals surface area contributed by atoms with Gasteiger partial charge in [-0.3, -0.25) is 9.59 Å². The van der Waals surface area contributed by atoms with Crippen molar-refractivity contribution in [2.24, 2.45) is 5.92 Å². The van der Waals surface area contributed by atoms with Crippen LogP contribution in [-0.2, 0) is 9.59 Å². The van der Waals surface area contributed by atoms with Gasteiger partial charge in [0, 0.05) is 13.0 Å². The summed E-state index contributed by atoms with van der Waals surface area (Å²) in [6.07, 6.45) is -0.0702. The molecule has 0 spiro atoms. The average Bonchev–Trinajstić information content (AvgIpc) is 2.72. The lowest BCUT2D eigenvalue weighted by Crippen LogP contribution is -2.26. The summed E-state index contributed by atoms with van der Waals surface area (Å²) >= 11 is 5.82. The van der Waals surface area contributed by atoms with E-state index in [1.807, 2.05) is 6.07 Å². The third-order valence-corrected chi connectivity index (χ3v) is 3.36. The molecule has 0 aliphatic carbocycles. The molecule has 0 aromatic heterocycles. The number of hydrogen-bond donors (Lipinski definition) is 2. The van der Waals surface area contributed by atoms with Crippen LogP contribution in [-0.4, -0.2) is 23.5 Å². The van der Waals surface area contributed by atoms with Crippen LogP contribution in [0.15, 0.2) is 12.1 Å². The molecule has 7 heteroatoms. The Bertz CT molecular complexity index is 609. The van der Waals surface area contributed by atoms with Crippen LogP contribution in [0.3, 0.4) is 0 Å². The smallest absolute Gasteiger partial charge is 0.308 e. The lowest BCUT2D eigenvalue weighted by Gasteiger charge is -2.19. The molecule has 1 aromatic rings. The van der Waals surface area contributed by atoms with E-state index in [4.69, 9.17) is 27.7 Å². The number of anilines is 2. The van der Waals surface area contributed by atoms with E-state index in [1.54, 1.807) is 0 Å².